The van der Waals surface area contributed by atoms with Gasteiger partial charge in [-0.05, 0) is 86.8 Å². The Hall–Kier alpha value is -3.81. The maximum atomic E-state index is 6.29. The van der Waals surface area contributed by atoms with Crippen molar-refractivity contribution in [2.75, 3.05) is 18.8 Å². The van der Waals surface area contributed by atoms with E-state index in [0.29, 0.717) is 11.9 Å². The number of rotatable bonds is 5. The van der Waals surface area contributed by atoms with E-state index in [1.807, 2.05) is 24.3 Å². The highest BCUT2D eigenvalue weighted by Gasteiger charge is 2.20. The van der Waals surface area contributed by atoms with Crippen LogP contribution in [0.1, 0.15) is 37.4 Å². The second kappa shape index (κ2) is 9.33. The highest BCUT2D eigenvalue weighted by atomic mass is 15.1. The molecular weight excluding hydrogens is 446 g/mol. The number of benzene rings is 1. The van der Waals surface area contributed by atoms with E-state index in [4.69, 9.17) is 21.4 Å². The Morgan fingerprint density at radius 3 is 2.53 bits per heavy atom. The molecule has 0 spiro atoms. The number of anilines is 1. The van der Waals surface area contributed by atoms with E-state index in [1.165, 1.54) is 11.1 Å². The summed E-state index contributed by atoms with van der Waals surface area (Å²) in [6.07, 6.45) is 9.23. The molecule has 4 N–H and O–H groups in total. The van der Waals surface area contributed by atoms with Gasteiger partial charge >= 0.3 is 0 Å². The van der Waals surface area contributed by atoms with Gasteiger partial charge in [0.05, 0.1) is 11.3 Å². The van der Waals surface area contributed by atoms with Crippen molar-refractivity contribution in [1.82, 2.24) is 24.4 Å². The van der Waals surface area contributed by atoms with Crippen molar-refractivity contribution in [3.8, 4) is 17.1 Å². The van der Waals surface area contributed by atoms with Gasteiger partial charge in [-0.15, -0.1) is 0 Å². The molecule has 0 radical (unpaired) electrons. The van der Waals surface area contributed by atoms with Crippen molar-refractivity contribution in [2.24, 2.45) is 5.73 Å². The van der Waals surface area contributed by atoms with Crippen LogP contribution in [0.5, 0.6) is 0 Å². The zero-order valence-electron chi connectivity index (χ0n) is 20.6. The number of aromatic nitrogens is 4. The number of fused-ring (bicyclic) bond motifs is 1. The normalized spacial score (nSPS) is 16.9. The minimum Gasteiger partial charge on any atom is -0.383 e. The lowest BCUT2D eigenvalue weighted by Gasteiger charge is -2.30. The number of hydrogen-bond donors (Lipinski definition) is 2. The predicted octanol–water partition coefficient (Wildman–Crippen LogP) is 4.72. The van der Waals surface area contributed by atoms with Crippen LogP contribution in [-0.4, -0.2) is 43.6 Å². The molecule has 3 aromatic heterocycles. The second-order valence-electron chi connectivity index (χ2n) is 9.88. The number of nitrogens with two attached hydrogens (primary N) is 2. The average molecular weight is 478 g/mol. The Labute approximate surface area is 211 Å². The molecule has 7 nitrogen and oxygen atoms in total. The molecule has 1 aromatic carbocycles. The molecule has 0 atom stereocenters. The molecular formula is C29H31N7. The molecule has 2 aliphatic rings. The molecule has 4 aromatic rings. The number of pyridine rings is 2. The van der Waals surface area contributed by atoms with Gasteiger partial charge in [-0.3, -0.25) is 9.47 Å². The Bertz CT molecular complexity index is 1470. The summed E-state index contributed by atoms with van der Waals surface area (Å²) >= 11 is 0. The number of nitrogens with zero attached hydrogens (tertiary/aromatic N) is 5. The molecule has 7 heteroatoms. The molecule has 4 heterocycles. The van der Waals surface area contributed by atoms with E-state index in [1.54, 1.807) is 6.20 Å². The fraction of sp³-hybridized carbons (Fsp3) is 0.276. The quantitative estimate of drug-likeness (QED) is 0.431. The summed E-state index contributed by atoms with van der Waals surface area (Å²) in [6, 6.07) is 17.0. The second-order valence-corrected chi connectivity index (χ2v) is 9.88. The van der Waals surface area contributed by atoms with Gasteiger partial charge in [0.15, 0.2) is 11.5 Å². The summed E-state index contributed by atoms with van der Waals surface area (Å²) < 4.78 is 2.10. The largest absolute Gasteiger partial charge is 0.383 e. The fourth-order valence-corrected chi connectivity index (χ4v) is 5.10. The van der Waals surface area contributed by atoms with Crippen LogP contribution >= 0.6 is 0 Å². The van der Waals surface area contributed by atoms with Crippen molar-refractivity contribution in [1.29, 1.82) is 0 Å². The maximum absolute atomic E-state index is 6.29. The number of imidazole rings is 1. The van der Waals surface area contributed by atoms with Gasteiger partial charge in [0.1, 0.15) is 11.3 Å². The van der Waals surface area contributed by atoms with Crippen molar-refractivity contribution in [3.05, 3.63) is 83.7 Å². The van der Waals surface area contributed by atoms with Crippen LogP contribution in [0, 0.1) is 0 Å². The number of allylic oxidation sites excluding steroid dienone is 4. The predicted molar refractivity (Wildman–Crippen MR) is 145 cm³/mol. The number of hydrogen-bond acceptors (Lipinski definition) is 6. The van der Waals surface area contributed by atoms with Crippen LogP contribution in [0.25, 0.3) is 33.8 Å². The number of nitrogen functional groups attached to an aromatic ring is 1. The van der Waals surface area contributed by atoms with Gasteiger partial charge in [-0.25, -0.2) is 15.0 Å². The monoisotopic (exact) mass is 477 g/mol. The topological polar surface area (TPSA) is 98.9 Å². The minimum atomic E-state index is 0.341. The van der Waals surface area contributed by atoms with E-state index >= 15 is 0 Å². The smallest absolute Gasteiger partial charge is 0.165 e. The van der Waals surface area contributed by atoms with E-state index in [9.17, 15) is 0 Å². The molecule has 182 valence electrons. The third-order valence-electron chi connectivity index (χ3n) is 7.16. The van der Waals surface area contributed by atoms with E-state index in [-0.39, 0.29) is 0 Å². The van der Waals surface area contributed by atoms with Crippen LogP contribution in [0.4, 0.5) is 5.82 Å². The van der Waals surface area contributed by atoms with Gasteiger partial charge in [-0.2, -0.15) is 0 Å². The molecule has 1 fully saturated rings. The molecule has 0 unspecified atom stereocenters. The van der Waals surface area contributed by atoms with E-state index in [0.717, 1.165) is 78.4 Å². The van der Waals surface area contributed by atoms with Gasteiger partial charge in [-0.1, -0.05) is 29.9 Å². The summed E-state index contributed by atoms with van der Waals surface area (Å²) in [6.45, 7) is 5.18. The zero-order valence-corrected chi connectivity index (χ0v) is 20.6. The Morgan fingerprint density at radius 2 is 1.81 bits per heavy atom. The molecule has 36 heavy (non-hydrogen) atoms. The van der Waals surface area contributed by atoms with E-state index < -0.39 is 0 Å². The molecule has 1 aliphatic carbocycles. The van der Waals surface area contributed by atoms with Crippen molar-refractivity contribution < 1.29 is 0 Å². The van der Waals surface area contributed by atoms with Crippen LogP contribution in [0.3, 0.4) is 0 Å². The van der Waals surface area contributed by atoms with Crippen LogP contribution in [0.15, 0.2) is 72.5 Å². The summed E-state index contributed by atoms with van der Waals surface area (Å²) in [5.74, 6) is 1.19. The summed E-state index contributed by atoms with van der Waals surface area (Å²) in [4.78, 5) is 16.8. The van der Waals surface area contributed by atoms with Gasteiger partial charge in [0, 0.05) is 24.5 Å². The molecule has 1 saturated heterocycles. The maximum Gasteiger partial charge on any atom is 0.165 e. The summed E-state index contributed by atoms with van der Waals surface area (Å²) in [5, 5.41) is 0. The first kappa shape index (κ1) is 22.6. The number of piperidine rings is 1. The average Bonchev–Trinajstić information content (AvgIpc) is 3.49. The van der Waals surface area contributed by atoms with Gasteiger partial charge in [0.2, 0.25) is 0 Å². The van der Waals surface area contributed by atoms with Gasteiger partial charge < -0.3 is 11.5 Å². The van der Waals surface area contributed by atoms with Crippen molar-refractivity contribution >= 4 is 22.6 Å². The first-order chi connectivity index (χ1) is 17.5. The third-order valence-corrected chi connectivity index (χ3v) is 7.16. The third kappa shape index (κ3) is 4.32. The standard InChI is InChI=1S/C29H31N7/c1-19-4-7-21(17-19)25-10-11-26-29(33-25)36(28(34-26)24-3-2-14-32-27(24)31)23-8-5-20(6-9-23)18-35-15-12-22(30)13-16-35/h2-3,5-11,14,17,22H,4,12-13,15-16,18,30H2,1H3,(H2,31,32). The zero-order chi connectivity index (χ0) is 24.6. The Morgan fingerprint density at radius 1 is 1.00 bits per heavy atom. The Kier molecular flexibility index (Phi) is 5.87. The molecule has 0 amide bonds. The van der Waals surface area contributed by atoms with Crippen LogP contribution < -0.4 is 11.5 Å². The van der Waals surface area contributed by atoms with Crippen molar-refractivity contribution in [2.45, 2.75) is 38.8 Å². The van der Waals surface area contributed by atoms with Crippen molar-refractivity contribution in [3.63, 3.8) is 0 Å². The lowest BCUT2D eigenvalue weighted by molar-refractivity contribution is 0.205. The lowest BCUT2D eigenvalue weighted by Crippen LogP contribution is -2.39. The first-order valence-corrected chi connectivity index (χ1v) is 12.6. The molecule has 1 aliphatic heterocycles. The Balaban J connectivity index is 1.42. The fourth-order valence-electron chi connectivity index (χ4n) is 5.10. The molecule has 6 rings (SSSR count). The summed E-state index contributed by atoms with van der Waals surface area (Å²) in [5.41, 5.74) is 20.5. The minimum absolute atomic E-state index is 0.341. The highest BCUT2D eigenvalue weighted by Crippen LogP contribution is 2.32. The van der Waals surface area contributed by atoms with Gasteiger partial charge in [0.25, 0.3) is 0 Å². The molecule has 0 saturated carbocycles. The van der Waals surface area contributed by atoms with Crippen LogP contribution in [-0.2, 0) is 6.54 Å². The first-order valence-electron chi connectivity index (χ1n) is 12.6. The molecule has 0 bridgehead atoms. The lowest BCUT2D eigenvalue weighted by atomic mass is 10.1. The highest BCUT2D eigenvalue weighted by molar-refractivity contribution is 5.85. The van der Waals surface area contributed by atoms with E-state index in [2.05, 4.69) is 57.8 Å². The van der Waals surface area contributed by atoms with Crippen LogP contribution in [0.2, 0.25) is 0 Å². The summed E-state index contributed by atoms with van der Waals surface area (Å²) in [7, 11) is 0. The number of likely N-dealkylation sites (tertiary alicyclic amines) is 1. The SMILES string of the molecule is CC1=CC(c2ccc3nc(-c4cccnc4N)n(-c4ccc(CN5CCC(N)CC5)cc4)c3n2)=CC1.